The molecule has 0 radical (unpaired) electrons. The summed E-state index contributed by atoms with van der Waals surface area (Å²) in [6.45, 7) is 1.76. The van der Waals surface area contributed by atoms with Gasteiger partial charge < -0.3 is 19.5 Å². The van der Waals surface area contributed by atoms with Gasteiger partial charge in [0.25, 0.3) is 0 Å². The number of methoxy groups -OCH3 is 1. The van der Waals surface area contributed by atoms with Gasteiger partial charge in [-0.15, -0.1) is 0 Å². The van der Waals surface area contributed by atoms with Crippen LogP contribution < -0.4 is 4.74 Å². The molecule has 1 unspecified atom stereocenters. The molecule has 0 heterocycles. The zero-order valence-electron chi connectivity index (χ0n) is 11.8. The van der Waals surface area contributed by atoms with E-state index >= 15 is 0 Å². The SMILES string of the molecule is CCOC(=O)C(=O)N(C)CC(O)c1ccc(OC)cc1. The van der Waals surface area contributed by atoms with Gasteiger partial charge in [-0.05, 0) is 24.6 Å². The number of esters is 1. The highest BCUT2D eigenvalue weighted by molar-refractivity contribution is 6.32. The van der Waals surface area contributed by atoms with E-state index < -0.39 is 18.0 Å². The molecule has 1 aromatic carbocycles. The molecule has 20 heavy (non-hydrogen) atoms. The van der Waals surface area contributed by atoms with Gasteiger partial charge in [-0.25, -0.2) is 4.79 Å². The van der Waals surface area contributed by atoms with Crippen molar-refractivity contribution in [2.24, 2.45) is 0 Å². The molecule has 0 aliphatic carbocycles. The molecule has 0 aliphatic heterocycles. The van der Waals surface area contributed by atoms with E-state index in [9.17, 15) is 14.7 Å². The largest absolute Gasteiger partial charge is 0.497 e. The Morgan fingerprint density at radius 2 is 1.90 bits per heavy atom. The first kappa shape index (κ1) is 16.0. The van der Waals surface area contributed by atoms with Crippen molar-refractivity contribution >= 4 is 11.9 Å². The Kier molecular flexibility index (Phi) is 5.99. The van der Waals surface area contributed by atoms with E-state index in [1.165, 1.54) is 7.05 Å². The number of hydrogen-bond donors (Lipinski definition) is 1. The first-order valence-electron chi connectivity index (χ1n) is 6.23. The fraction of sp³-hybridized carbons (Fsp3) is 0.429. The molecule has 1 atom stereocenters. The lowest BCUT2D eigenvalue weighted by atomic mass is 10.1. The number of benzene rings is 1. The maximum absolute atomic E-state index is 11.6. The Hall–Kier alpha value is -2.08. The number of amides is 1. The first-order chi connectivity index (χ1) is 9.49. The Bertz CT molecular complexity index is 457. The summed E-state index contributed by atoms with van der Waals surface area (Å²) >= 11 is 0. The number of carbonyl (C=O) groups is 2. The molecule has 0 aliphatic rings. The third-order valence-electron chi connectivity index (χ3n) is 2.74. The molecule has 1 rings (SSSR count). The van der Waals surface area contributed by atoms with E-state index in [0.29, 0.717) is 11.3 Å². The Morgan fingerprint density at radius 3 is 2.40 bits per heavy atom. The normalized spacial score (nSPS) is 11.6. The lowest BCUT2D eigenvalue weighted by Crippen LogP contribution is -2.37. The van der Waals surface area contributed by atoms with E-state index in [1.807, 2.05) is 0 Å². The molecule has 0 saturated carbocycles. The van der Waals surface area contributed by atoms with Crippen LogP contribution in [-0.4, -0.2) is 49.2 Å². The second kappa shape index (κ2) is 7.49. The predicted molar refractivity (Wildman–Crippen MR) is 72.2 cm³/mol. The summed E-state index contributed by atoms with van der Waals surface area (Å²) in [5.74, 6) is -1.02. The number of carbonyl (C=O) groups excluding carboxylic acids is 2. The summed E-state index contributed by atoms with van der Waals surface area (Å²) in [6.07, 6.45) is -0.885. The van der Waals surface area contributed by atoms with Gasteiger partial charge in [0.2, 0.25) is 0 Å². The van der Waals surface area contributed by atoms with Gasteiger partial charge in [0.15, 0.2) is 0 Å². The number of rotatable bonds is 5. The third kappa shape index (κ3) is 4.24. The fourth-order valence-corrected chi connectivity index (χ4v) is 1.62. The second-order valence-electron chi connectivity index (χ2n) is 4.20. The lowest BCUT2D eigenvalue weighted by molar-refractivity contribution is -0.159. The Balaban J connectivity index is 2.62. The molecule has 0 spiro atoms. The van der Waals surface area contributed by atoms with Gasteiger partial charge in [0, 0.05) is 7.05 Å². The van der Waals surface area contributed by atoms with Crippen LogP contribution >= 0.6 is 0 Å². The highest BCUT2D eigenvalue weighted by Gasteiger charge is 2.22. The average molecular weight is 281 g/mol. The minimum atomic E-state index is -0.920. The predicted octanol–water partition coefficient (Wildman–Crippen LogP) is 0.750. The van der Waals surface area contributed by atoms with Crippen LogP contribution in [0.5, 0.6) is 5.75 Å². The van der Waals surface area contributed by atoms with Crippen molar-refractivity contribution in [3.05, 3.63) is 29.8 Å². The zero-order chi connectivity index (χ0) is 15.1. The molecule has 0 bridgehead atoms. The minimum absolute atomic E-state index is 0.00394. The van der Waals surface area contributed by atoms with Gasteiger partial charge in [-0.1, -0.05) is 12.1 Å². The number of aliphatic hydroxyl groups excluding tert-OH is 1. The molecular weight excluding hydrogens is 262 g/mol. The number of aliphatic hydroxyl groups is 1. The fourth-order valence-electron chi connectivity index (χ4n) is 1.62. The van der Waals surface area contributed by atoms with E-state index in [1.54, 1.807) is 38.3 Å². The molecule has 110 valence electrons. The van der Waals surface area contributed by atoms with Crippen molar-refractivity contribution in [3.63, 3.8) is 0 Å². The smallest absolute Gasteiger partial charge is 0.397 e. The molecule has 1 N–H and O–H groups in total. The molecular formula is C14H19NO5. The molecule has 0 aromatic heterocycles. The van der Waals surface area contributed by atoms with Crippen LogP contribution in [-0.2, 0) is 14.3 Å². The molecule has 0 fully saturated rings. The summed E-state index contributed by atoms with van der Waals surface area (Å²) in [7, 11) is 2.99. The molecule has 6 nitrogen and oxygen atoms in total. The number of likely N-dealkylation sites (N-methyl/N-ethyl adjacent to an activating group) is 1. The van der Waals surface area contributed by atoms with Crippen LogP contribution in [0.25, 0.3) is 0 Å². The van der Waals surface area contributed by atoms with Crippen LogP contribution in [0.1, 0.15) is 18.6 Å². The van der Waals surface area contributed by atoms with Crippen molar-refractivity contribution in [2.45, 2.75) is 13.0 Å². The van der Waals surface area contributed by atoms with Gasteiger partial charge in [-0.3, -0.25) is 4.79 Å². The van der Waals surface area contributed by atoms with E-state index in [-0.39, 0.29) is 13.2 Å². The summed E-state index contributed by atoms with van der Waals surface area (Å²) in [5, 5.41) is 10.0. The highest BCUT2D eigenvalue weighted by Crippen LogP contribution is 2.18. The average Bonchev–Trinajstić information content (AvgIpc) is 2.46. The lowest BCUT2D eigenvalue weighted by Gasteiger charge is -2.20. The van der Waals surface area contributed by atoms with Crippen molar-refractivity contribution in [2.75, 3.05) is 27.3 Å². The van der Waals surface area contributed by atoms with E-state index in [2.05, 4.69) is 4.74 Å². The molecule has 0 saturated heterocycles. The van der Waals surface area contributed by atoms with Crippen LogP contribution in [0.4, 0.5) is 0 Å². The second-order valence-corrected chi connectivity index (χ2v) is 4.20. The van der Waals surface area contributed by atoms with Gasteiger partial charge in [-0.2, -0.15) is 0 Å². The maximum atomic E-state index is 11.6. The summed E-state index contributed by atoms with van der Waals surface area (Å²) in [4.78, 5) is 24.0. The summed E-state index contributed by atoms with van der Waals surface area (Å²) in [6, 6.07) is 6.83. The maximum Gasteiger partial charge on any atom is 0.397 e. The van der Waals surface area contributed by atoms with E-state index in [4.69, 9.17) is 4.74 Å². The monoisotopic (exact) mass is 281 g/mol. The standard InChI is InChI=1S/C14H19NO5/c1-4-20-14(18)13(17)15(2)9-12(16)10-5-7-11(19-3)8-6-10/h5-8,12,16H,4,9H2,1-3H3. The number of nitrogens with zero attached hydrogens (tertiary/aromatic N) is 1. The Labute approximate surface area is 117 Å². The van der Waals surface area contributed by atoms with Gasteiger partial charge >= 0.3 is 11.9 Å². The van der Waals surface area contributed by atoms with Gasteiger partial charge in [0.1, 0.15) is 5.75 Å². The topological polar surface area (TPSA) is 76.1 Å². The van der Waals surface area contributed by atoms with Crippen molar-refractivity contribution in [1.82, 2.24) is 4.90 Å². The number of hydrogen-bond acceptors (Lipinski definition) is 5. The highest BCUT2D eigenvalue weighted by atomic mass is 16.5. The van der Waals surface area contributed by atoms with Crippen molar-refractivity contribution in [3.8, 4) is 5.75 Å². The first-order valence-corrected chi connectivity index (χ1v) is 6.23. The summed E-state index contributed by atoms with van der Waals surface area (Å²) in [5.41, 5.74) is 0.634. The van der Waals surface area contributed by atoms with Crippen molar-refractivity contribution in [1.29, 1.82) is 0 Å². The molecule has 1 amide bonds. The van der Waals surface area contributed by atoms with Crippen LogP contribution in [0.3, 0.4) is 0 Å². The van der Waals surface area contributed by atoms with Crippen LogP contribution in [0.15, 0.2) is 24.3 Å². The third-order valence-corrected chi connectivity index (χ3v) is 2.74. The molecule has 1 aromatic rings. The zero-order valence-corrected chi connectivity index (χ0v) is 11.8. The van der Waals surface area contributed by atoms with E-state index in [0.717, 1.165) is 4.90 Å². The minimum Gasteiger partial charge on any atom is -0.497 e. The van der Waals surface area contributed by atoms with Crippen LogP contribution in [0, 0.1) is 0 Å². The quantitative estimate of drug-likeness (QED) is 0.636. The molecule has 6 heteroatoms. The summed E-state index contributed by atoms with van der Waals surface area (Å²) < 4.78 is 9.63. The Morgan fingerprint density at radius 1 is 1.30 bits per heavy atom. The van der Waals surface area contributed by atoms with Crippen LogP contribution in [0.2, 0.25) is 0 Å². The van der Waals surface area contributed by atoms with Gasteiger partial charge in [0.05, 0.1) is 26.4 Å². The van der Waals surface area contributed by atoms with Crippen molar-refractivity contribution < 1.29 is 24.2 Å². The number of ether oxygens (including phenoxy) is 2.